The number of carbonyl (C=O) groups is 1. The first kappa shape index (κ1) is 13.6. The van der Waals surface area contributed by atoms with Crippen LogP contribution >= 0.6 is 0 Å². The number of nitrogens with zero attached hydrogens (tertiary/aromatic N) is 1. The second kappa shape index (κ2) is 5.04. The molecule has 0 aliphatic heterocycles. The minimum absolute atomic E-state index is 0.123. The van der Waals surface area contributed by atoms with Gasteiger partial charge in [-0.15, -0.1) is 0 Å². The Labute approximate surface area is 110 Å². The summed E-state index contributed by atoms with van der Waals surface area (Å²) in [6.07, 6.45) is 4.95. The van der Waals surface area contributed by atoms with E-state index in [1.54, 1.807) is 0 Å². The summed E-state index contributed by atoms with van der Waals surface area (Å²) in [5, 5.41) is 0. The van der Waals surface area contributed by atoms with Gasteiger partial charge >= 0.3 is 5.97 Å². The third-order valence-corrected chi connectivity index (χ3v) is 4.74. The average molecular weight is 251 g/mol. The molecule has 0 aromatic heterocycles. The first-order valence-corrected chi connectivity index (χ1v) is 6.98. The molecule has 3 rings (SSSR count). The number of carbonyl (C=O) groups excluding carboxylic acids is 1. The molecule has 1 fully saturated rings. The Kier molecular flexibility index (Phi) is 3.81. The molecular weight excluding hydrogens is 226 g/mol. The monoisotopic (exact) mass is 251 g/mol. The third kappa shape index (κ3) is 2.46. The average Bonchev–Trinajstić information content (AvgIpc) is 2.28. The fourth-order valence-electron chi connectivity index (χ4n) is 3.45. The lowest BCUT2D eigenvalue weighted by Gasteiger charge is -2.56. The highest BCUT2D eigenvalue weighted by Crippen LogP contribution is 2.59. The van der Waals surface area contributed by atoms with E-state index < -0.39 is 0 Å². The summed E-state index contributed by atoms with van der Waals surface area (Å²) < 4.78 is 4.98. The lowest BCUT2D eigenvalue weighted by atomic mass is 9.49. The molecule has 0 heterocycles. The van der Waals surface area contributed by atoms with Gasteiger partial charge in [0.2, 0.25) is 0 Å². The number of hydrogen-bond donors (Lipinski definition) is 0. The summed E-state index contributed by atoms with van der Waals surface area (Å²) in [6.45, 7) is 8.36. The van der Waals surface area contributed by atoms with Crippen LogP contribution in [0, 0.1) is 17.3 Å². The van der Waals surface area contributed by atoms with E-state index >= 15 is 0 Å². The first-order valence-electron chi connectivity index (χ1n) is 6.98. The second-order valence-corrected chi connectivity index (χ2v) is 6.30. The van der Waals surface area contributed by atoms with Gasteiger partial charge in [0, 0.05) is 6.54 Å². The van der Waals surface area contributed by atoms with E-state index in [-0.39, 0.29) is 5.97 Å². The highest BCUT2D eigenvalue weighted by Gasteiger charge is 2.50. The Morgan fingerprint density at radius 3 is 2.83 bits per heavy atom. The quantitative estimate of drug-likeness (QED) is 0.555. The number of likely N-dealkylation sites (N-methyl/N-ethyl adjacent to an activating group) is 1. The Bertz CT molecular complexity index is 360. The maximum Gasteiger partial charge on any atom is 0.320 e. The van der Waals surface area contributed by atoms with Gasteiger partial charge < -0.3 is 4.74 Å². The molecule has 0 unspecified atom stereocenters. The molecule has 2 bridgehead atoms. The van der Waals surface area contributed by atoms with Gasteiger partial charge in [-0.2, -0.15) is 0 Å². The van der Waals surface area contributed by atoms with Crippen molar-refractivity contribution < 1.29 is 9.53 Å². The molecule has 3 aliphatic carbocycles. The highest BCUT2D eigenvalue weighted by molar-refractivity contribution is 5.71. The van der Waals surface area contributed by atoms with Crippen molar-refractivity contribution in [3.63, 3.8) is 0 Å². The largest absolute Gasteiger partial charge is 0.465 e. The number of hydrogen-bond acceptors (Lipinski definition) is 3. The van der Waals surface area contributed by atoms with Crippen molar-refractivity contribution in [2.75, 3.05) is 26.7 Å². The minimum Gasteiger partial charge on any atom is -0.465 e. The summed E-state index contributed by atoms with van der Waals surface area (Å²) in [5.41, 5.74) is 1.99. The van der Waals surface area contributed by atoms with Crippen LogP contribution in [0.4, 0.5) is 0 Å². The lowest BCUT2D eigenvalue weighted by molar-refractivity contribution is -0.144. The summed E-state index contributed by atoms with van der Waals surface area (Å²) in [7, 11) is 2.00. The molecule has 0 spiro atoms. The smallest absolute Gasteiger partial charge is 0.320 e. The number of allylic oxidation sites excluding steroid dienone is 1. The summed E-state index contributed by atoms with van der Waals surface area (Å²) >= 11 is 0. The van der Waals surface area contributed by atoms with Gasteiger partial charge in [0.25, 0.3) is 0 Å². The Morgan fingerprint density at radius 1 is 1.56 bits per heavy atom. The summed E-state index contributed by atoms with van der Waals surface area (Å²) in [4.78, 5) is 13.5. The van der Waals surface area contributed by atoms with Crippen LogP contribution in [0.1, 0.15) is 33.6 Å². The van der Waals surface area contributed by atoms with Gasteiger partial charge in [-0.3, -0.25) is 9.69 Å². The second-order valence-electron chi connectivity index (χ2n) is 6.30. The topological polar surface area (TPSA) is 29.5 Å². The molecule has 0 N–H and O–H groups in total. The van der Waals surface area contributed by atoms with Crippen LogP contribution < -0.4 is 0 Å². The van der Waals surface area contributed by atoms with E-state index in [9.17, 15) is 4.79 Å². The first-order chi connectivity index (χ1) is 8.45. The van der Waals surface area contributed by atoms with Crippen molar-refractivity contribution in [2.24, 2.45) is 17.3 Å². The van der Waals surface area contributed by atoms with Crippen molar-refractivity contribution in [3.05, 3.63) is 11.6 Å². The fourth-order valence-corrected chi connectivity index (χ4v) is 3.45. The van der Waals surface area contributed by atoms with Crippen molar-refractivity contribution in [3.8, 4) is 0 Å². The van der Waals surface area contributed by atoms with E-state index in [1.165, 1.54) is 18.4 Å². The zero-order valence-corrected chi connectivity index (χ0v) is 12.0. The Morgan fingerprint density at radius 2 is 2.28 bits per heavy atom. The lowest BCUT2D eigenvalue weighted by Crippen LogP contribution is -2.49. The van der Waals surface area contributed by atoms with Crippen molar-refractivity contribution in [1.82, 2.24) is 4.90 Å². The minimum atomic E-state index is -0.123. The summed E-state index contributed by atoms with van der Waals surface area (Å²) in [6, 6.07) is 0. The predicted octanol–water partition coefficient (Wildman–Crippen LogP) is 2.47. The number of ether oxygens (including phenoxy) is 1. The van der Waals surface area contributed by atoms with Crippen LogP contribution in [0.5, 0.6) is 0 Å². The van der Waals surface area contributed by atoms with Gasteiger partial charge in [-0.1, -0.05) is 25.5 Å². The van der Waals surface area contributed by atoms with Gasteiger partial charge in [0.1, 0.15) is 0 Å². The van der Waals surface area contributed by atoms with Crippen LogP contribution in [0.15, 0.2) is 11.6 Å². The molecule has 0 saturated heterocycles. The molecule has 3 nitrogen and oxygen atoms in total. The standard InChI is InChI=1S/C15H25NO2/c1-5-18-14(17)10-16(4)9-11-6-7-12-8-13(11)15(12,2)3/h6,12-13H,5,7-10H2,1-4H3/t12-,13+/m0/s1. The zero-order valence-electron chi connectivity index (χ0n) is 12.0. The fraction of sp³-hybridized carbons (Fsp3) is 0.800. The molecule has 0 aromatic carbocycles. The third-order valence-electron chi connectivity index (χ3n) is 4.74. The van der Waals surface area contributed by atoms with E-state index in [1.807, 2.05) is 14.0 Å². The van der Waals surface area contributed by atoms with Gasteiger partial charge in [-0.25, -0.2) is 0 Å². The predicted molar refractivity (Wildman–Crippen MR) is 72.2 cm³/mol. The van der Waals surface area contributed by atoms with E-state index in [2.05, 4.69) is 24.8 Å². The van der Waals surface area contributed by atoms with E-state index in [4.69, 9.17) is 4.74 Å². The molecule has 18 heavy (non-hydrogen) atoms. The number of esters is 1. The Hall–Kier alpha value is -0.830. The van der Waals surface area contributed by atoms with Gasteiger partial charge in [-0.05, 0) is 44.1 Å². The molecule has 102 valence electrons. The van der Waals surface area contributed by atoms with Crippen LogP contribution in [0.2, 0.25) is 0 Å². The maximum absolute atomic E-state index is 11.4. The van der Waals surface area contributed by atoms with E-state index in [0.29, 0.717) is 18.6 Å². The van der Waals surface area contributed by atoms with E-state index in [0.717, 1.165) is 18.4 Å². The molecular formula is C15H25NO2. The summed E-state index contributed by atoms with van der Waals surface area (Å²) in [5.74, 6) is 1.48. The van der Waals surface area contributed by atoms with Crippen LogP contribution in [-0.4, -0.2) is 37.6 Å². The molecule has 0 amide bonds. The number of fused-ring (bicyclic) bond motifs is 1. The molecule has 3 aliphatic rings. The normalized spacial score (nSPS) is 28.6. The SMILES string of the molecule is CCOC(=O)CN(C)CC1=CC[C@H]2C[C@H]1C2(C)C. The molecule has 1 saturated carbocycles. The molecule has 0 aromatic rings. The maximum atomic E-state index is 11.4. The van der Waals surface area contributed by atoms with Crippen LogP contribution in [-0.2, 0) is 9.53 Å². The molecule has 2 atom stereocenters. The van der Waals surface area contributed by atoms with Gasteiger partial charge in [0.05, 0.1) is 13.2 Å². The van der Waals surface area contributed by atoms with Crippen molar-refractivity contribution in [2.45, 2.75) is 33.6 Å². The molecule has 3 heteroatoms. The van der Waals surface area contributed by atoms with Crippen LogP contribution in [0.25, 0.3) is 0 Å². The van der Waals surface area contributed by atoms with Gasteiger partial charge in [0.15, 0.2) is 0 Å². The molecule has 0 radical (unpaired) electrons. The van der Waals surface area contributed by atoms with Crippen molar-refractivity contribution in [1.29, 1.82) is 0 Å². The van der Waals surface area contributed by atoms with Crippen LogP contribution in [0.3, 0.4) is 0 Å². The number of rotatable bonds is 5. The van der Waals surface area contributed by atoms with Crippen molar-refractivity contribution >= 4 is 5.97 Å². The Balaban J connectivity index is 1.87. The zero-order chi connectivity index (χ0) is 13.3. The highest BCUT2D eigenvalue weighted by atomic mass is 16.5.